The number of hydrogen-bond donors (Lipinski definition) is 0. The van der Waals surface area contributed by atoms with E-state index in [0.717, 1.165) is 36.8 Å². The van der Waals surface area contributed by atoms with Crippen LogP contribution in [0.1, 0.15) is 28.9 Å². The number of rotatable bonds is 4. The fourth-order valence-corrected chi connectivity index (χ4v) is 3.94. The molecule has 2 aromatic rings. The molecule has 126 valence electrons. The van der Waals surface area contributed by atoms with Gasteiger partial charge in [-0.3, -0.25) is 4.79 Å². The molecule has 1 amide bonds. The van der Waals surface area contributed by atoms with E-state index >= 15 is 0 Å². The van der Waals surface area contributed by atoms with Crippen molar-refractivity contribution in [3.63, 3.8) is 0 Å². The smallest absolute Gasteiger partial charge is 0.264 e. The standard InChI is InChI=1S/C17H20N4O2S/c22-17(14-4-3-9-24-14)21-8-5-13(11-21)23-16-10-15(18-12-19-16)20-6-1-2-7-20/h3-4,9-10,12-13H,1-2,5-8,11H2/t13-/m1/s1. The Labute approximate surface area is 145 Å². The highest BCUT2D eigenvalue weighted by atomic mass is 32.1. The van der Waals surface area contributed by atoms with Crippen molar-refractivity contribution < 1.29 is 9.53 Å². The highest BCUT2D eigenvalue weighted by Gasteiger charge is 2.29. The highest BCUT2D eigenvalue weighted by Crippen LogP contribution is 2.23. The van der Waals surface area contributed by atoms with Gasteiger partial charge in [-0.1, -0.05) is 6.07 Å². The molecule has 2 aliphatic heterocycles. The maximum absolute atomic E-state index is 12.4. The third-order valence-electron chi connectivity index (χ3n) is 4.51. The summed E-state index contributed by atoms with van der Waals surface area (Å²) in [5.41, 5.74) is 0. The summed E-state index contributed by atoms with van der Waals surface area (Å²) in [5.74, 6) is 1.63. The SMILES string of the molecule is O=C(c1cccs1)N1CC[C@@H](Oc2cc(N3CCCC3)ncn2)C1. The summed E-state index contributed by atoms with van der Waals surface area (Å²) in [6.45, 7) is 3.43. The molecule has 0 radical (unpaired) electrons. The zero-order valence-electron chi connectivity index (χ0n) is 13.4. The van der Waals surface area contributed by atoms with E-state index in [1.807, 2.05) is 28.5 Å². The fourth-order valence-electron chi connectivity index (χ4n) is 3.25. The summed E-state index contributed by atoms with van der Waals surface area (Å²) in [7, 11) is 0. The third-order valence-corrected chi connectivity index (χ3v) is 5.37. The maximum Gasteiger partial charge on any atom is 0.264 e. The molecule has 6 nitrogen and oxygen atoms in total. The molecule has 7 heteroatoms. The monoisotopic (exact) mass is 344 g/mol. The van der Waals surface area contributed by atoms with Crippen LogP contribution in [0.4, 0.5) is 5.82 Å². The molecule has 0 bridgehead atoms. The number of nitrogens with zero attached hydrogens (tertiary/aromatic N) is 4. The van der Waals surface area contributed by atoms with Crippen molar-refractivity contribution in [1.82, 2.24) is 14.9 Å². The largest absolute Gasteiger partial charge is 0.472 e. The lowest BCUT2D eigenvalue weighted by molar-refractivity contribution is 0.0776. The predicted octanol–water partition coefficient (Wildman–Crippen LogP) is 2.43. The first-order chi connectivity index (χ1) is 11.8. The molecule has 0 aromatic carbocycles. The van der Waals surface area contributed by atoms with Gasteiger partial charge < -0.3 is 14.5 Å². The zero-order valence-corrected chi connectivity index (χ0v) is 14.2. The number of carbonyl (C=O) groups excluding carboxylic acids is 1. The lowest BCUT2D eigenvalue weighted by Crippen LogP contribution is -2.30. The number of amides is 1. The summed E-state index contributed by atoms with van der Waals surface area (Å²) >= 11 is 1.48. The predicted molar refractivity (Wildman–Crippen MR) is 92.7 cm³/mol. The minimum absolute atomic E-state index is 0.00441. The van der Waals surface area contributed by atoms with E-state index in [9.17, 15) is 4.79 Å². The Kier molecular flexibility index (Phi) is 4.34. The van der Waals surface area contributed by atoms with E-state index in [-0.39, 0.29) is 12.0 Å². The van der Waals surface area contributed by atoms with Gasteiger partial charge in [0.2, 0.25) is 5.88 Å². The van der Waals surface area contributed by atoms with Gasteiger partial charge in [-0.05, 0) is 24.3 Å². The quantitative estimate of drug-likeness (QED) is 0.853. The van der Waals surface area contributed by atoms with Crippen LogP contribution in [0.25, 0.3) is 0 Å². The molecule has 4 heterocycles. The van der Waals surface area contributed by atoms with Gasteiger partial charge in [-0.15, -0.1) is 11.3 Å². The van der Waals surface area contributed by atoms with Gasteiger partial charge in [-0.25, -0.2) is 9.97 Å². The van der Waals surface area contributed by atoms with Crippen LogP contribution in [0.2, 0.25) is 0 Å². The Morgan fingerprint density at radius 3 is 2.92 bits per heavy atom. The van der Waals surface area contributed by atoms with Gasteiger partial charge in [-0.2, -0.15) is 0 Å². The Morgan fingerprint density at radius 1 is 1.25 bits per heavy atom. The second-order valence-corrected chi connectivity index (χ2v) is 7.11. The van der Waals surface area contributed by atoms with E-state index in [2.05, 4.69) is 14.9 Å². The minimum atomic E-state index is -0.00441. The van der Waals surface area contributed by atoms with E-state index in [1.54, 1.807) is 6.33 Å². The van der Waals surface area contributed by atoms with E-state index in [4.69, 9.17) is 4.74 Å². The summed E-state index contributed by atoms with van der Waals surface area (Å²) < 4.78 is 6.01. The lowest BCUT2D eigenvalue weighted by Gasteiger charge is -2.18. The van der Waals surface area contributed by atoms with Crippen molar-refractivity contribution >= 4 is 23.1 Å². The second-order valence-electron chi connectivity index (χ2n) is 6.17. The third kappa shape index (κ3) is 3.21. The zero-order chi connectivity index (χ0) is 16.4. The molecular weight excluding hydrogens is 324 g/mol. The van der Waals surface area contributed by atoms with Crippen molar-refractivity contribution in [2.24, 2.45) is 0 Å². The van der Waals surface area contributed by atoms with Gasteiger partial charge in [0.05, 0.1) is 11.4 Å². The molecule has 0 aliphatic carbocycles. The highest BCUT2D eigenvalue weighted by molar-refractivity contribution is 7.12. The molecule has 24 heavy (non-hydrogen) atoms. The van der Waals surface area contributed by atoms with E-state index in [0.29, 0.717) is 12.4 Å². The average molecular weight is 344 g/mol. The number of thiophene rings is 1. The molecule has 2 fully saturated rings. The van der Waals surface area contributed by atoms with Crippen LogP contribution in [0.15, 0.2) is 29.9 Å². The van der Waals surface area contributed by atoms with Crippen molar-refractivity contribution in [1.29, 1.82) is 0 Å². The molecule has 4 rings (SSSR count). The number of carbonyl (C=O) groups is 1. The number of hydrogen-bond acceptors (Lipinski definition) is 6. The molecule has 2 aromatic heterocycles. The molecule has 0 spiro atoms. The Bertz CT molecular complexity index is 700. The first-order valence-corrected chi connectivity index (χ1v) is 9.24. The van der Waals surface area contributed by atoms with Crippen LogP contribution in [0, 0.1) is 0 Å². The molecule has 2 saturated heterocycles. The number of likely N-dealkylation sites (tertiary alicyclic amines) is 1. The average Bonchev–Trinajstić information content (AvgIpc) is 3.36. The van der Waals surface area contributed by atoms with Crippen molar-refractivity contribution in [3.05, 3.63) is 34.8 Å². The summed E-state index contributed by atoms with van der Waals surface area (Å²) in [6.07, 6.45) is 4.81. The Morgan fingerprint density at radius 2 is 2.12 bits per heavy atom. The van der Waals surface area contributed by atoms with Crippen molar-refractivity contribution in [3.8, 4) is 5.88 Å². The minimum Gasteiger partial charge on any atom is -0.472 e. The number of aromatic nitrogens is 2. The van der Waals surface area contributed by atoms with Crippen LogP contribution < -0.4 is 9.64 Å². The van der Waals surface area contributed by atoms with Crippen LogP contribution in [0.5, 0.6) is 5.88 Å². The number of anilines is 1. The van der Waals surface area contributed by atoms with Gasteiger partial charge in [0, 0.05) is 32.1 Å². The first-order valence-electron chi connectivity index (χ1n) is 8.36. The molecule has 0 N–H and O–H groups in total. The van der Waals surface area contributed by atoms with Crippen molar-refractivity contribution in [2.45, 2.75) is 25.4 Å². The number of ether oxygens (including phenoxy) is 1. The maximum atomic E-state index is 12.4. The fraction of sp³-hybridized carbons (Fsp3) is 0.471. The van der Waals surface area contributed by atoms with Gasteiger partial charge >= 0.3 is 0 Å². The van der Waals surface area contributed by atoms with Gasteiger partial charge in [0.25, 0.3) is 5.91 Å². The van der Waals surface area contributed by atoms with Crippen LogP contribution in [-0.2, 0) is 0 Å². The molecule has 1 atom stereocenters. The first kappa shape index (κ1) is 15.4. The van der Waals surface area contributed by atoms with Crippen LogP contribution in [-0.4, -0.2) is 53.1 Å². The van der Waals surface area contributed by atoms with Gasteiger partial charge in [0.1, 0.15) is 18.2 Å². The summed E-state index contributed by atoms with van der Waals surface area (Å²) in [5, 5.41) is 1.93. The lowest BCUT2D eigenvalue weighted by atomic mass is 10.3. The molecule has 0 unspecified atom stereocenters. The van der Waals surface area contributed by atoms with E-state index in [1.165, 1.54) is 24.2 Å². The molecule has 0 saturated carbocycles. The topological polar surface area (TPSA) is 58.6 Å². The Hall–Kier alpha value is -2.15. The molecule has 2 aliphatic rings. The Balaban J connectivity index is 1.38. The van der Waals surface area contributed by atoms with Crippen molar-refractivity contribution in [2.75, 3.05) is 31.1 Å². The summed E-state index contributed by atoms with van der Waals surface area (Å²) in [4.78, 5) is 25.9. The second kappa shape index (κ2) is 6.76. The summed E-state index contributed by atoms with van der Waals surface area (Å²) in [6, 6.07) is 5.69. The van der Waals surface area contributed by atoms with Gasteiger partial charge in [0.15, 0.2) is 0 Å². The molecular formula is C17H20N4O2S. The van der Waals surface area contributed by atoms with E-state index < -0.39 is 0 Å². The van der Waals surface area contributed by atoms with Crippen LogP contribution in [0.3, 0.4) is 0 Å². The van der Waals surface area contributed by atoms with Crippen LogP contribution >= 0.6 is 11.3 Å². The normalized spacial score (nSPS) is 20.6.